The van der Waals surface area contributed by atoms with Crippen LogP contribution in [0, 0.1) is 0 Å². The van der Waals surface area contributed by atoms with Crippen LogP contribution >= 0.6 is 0 Å². The summed E-state index contributed by atoms with van der Waals surface area (Å²) in [6.45, 7) is 9.01. The minimum Gasteiger partial charge on any atom is -0.444 e. The second-order valence-corrected chi connectivity index (χ2v) is 9.78. The summed E-state index contributed by atoms with van der Waals surface area (Å²) >= 11 is 0. The topological polar surface area (TPSA) is 87.9 Å². The lowest BCUT2D eigenvalue weighted by atomic mass is 10.2. The number of hydrogen-bond acceptors (Lipinski definition) is 7. The van der Waals surface area contributed by atoms with Gasteiger partial charge in [0.15, 0.2) is 5.65 Å². The Balaban J connectivity index is 1.31. The maximum atomic E-state index is 12.4. The first-order valence-electron chi connectivity index (χ1n) is 11.7. The van der Waals surface area contributed by atoms with E-state index < -0.39 is 5.60 Å². The summed E-state index contributed by atoms with van der Waals surface area (Å²) in [6, 6.07) is 6.08. The molecular weight excluding hydrogens is 418 g/mol. The van der Waals surface area contributed by atoms with Gasteiger partial charge in [0, 0.05) is 32.2 Å². The first kappa shape index (κ1) is 21.5. The van der Waals surface area contributed by atoms with Crippen molar-refractivity contribution >= 4 is 23.4 Å². The van der Waals surface area contributed by atoms with E-state index in [-0.39, 0.29) is 12.1 Å². The van der Waals surface area contributed by atoms with Crippen LogP contribution in [0.15, 0.2) is 36.8 Å². The van der Waals surface area contributed by atoms with Crippen LogP contribution < -0.4 is 10.2 Å². The van der Waals surface area contributed by atoms with E-state index in [2.05, 4.69) is 30.8 Å². The number of nitrogens with zero attached hydrogens (tertiary/aromatic N) is 6. The van der Waals surface area contributed by atoms with Crippen LogP contribution in [-0.2, 0) is 4.74 Å². The fraction of sp³-hybridized carbons (Fsp3) is 0.500. The molecule has 0 saturated carbocycles. The molecule has 33 heavy (non-hydrogen) atoms. The van der Waals surface area contributed by atoms with Crippen molar-refractivity contribution < 1.29 is 9.53 Å². The van der Waals surface area contributed by atoms with Crippen molar-refractivity contribution in [3.63, 3.8) is 0 Å². The van der Waals surface area contributed by atoms with Gasteiger partial charge >= 0.3 is 6.09 Å². The number of likely N-dealkylation sites (tertiary alicyclic amines) is 1. The van der Waals surface area contributed by atoms with Crippen molar-refractivity contribution in [3.05, 3.63) is 36.8 Å². The molecule has 1 amide bonds. The molecule has 5 heterocycles. The average Bonchev–Trinajstić information content (AvgIpc) is 3.53. The Morgan fingerprint density at radius 1 is 1.12 bits per heavy atom. The Kier molecular flexibility index (Phi) is 5.55. The summed E-state index contributed by atoms with van der Waals surface area (Å²) in [7, 11) is 0. The zero-order chi connectivity index (χ0) is 23.0. The zero-order valence-electron chi connectivity index (χ0n) is 19.5. The summed E-state index contributed by atoms with van der Waals surface area (Å²) in [5.74, 6) is 1.76. The number of rotatable bonds is 4. The number of aromatic nitrogens is 4. The van der Waals surface area contributed by atoms with Gasteiger partial charge in [0.2, 0.25) is 0 Å². The van der Waals surface area contributed by atoms with Gasteiger partial charge in [0.25, 0.3) is 0 Å². The molecule has 1 atom stereocenters. The highest BCUT2D eigenvalue weighted by Gasteiger charge is 2.30. The minimum atomic E-state index is -0.489. The normalized spacial score (nSPS) is 18.8. The van der Waals surface area contributed by atoms with Gasteiger partial charge in [0.05, 0.1) is 30.0 Å². The van der Waals surface area contributed by atoms with Gasteiger partial charge in [0.1, 0.15) is 17.2 Å². The summed E-state index contributed by atoms with van der Waals surface area (Å²) in [6.07, 6.45) is 8.73. The number of carbonyl (C=O) groups is 1. The molecule has 174 valence electrons. The van der Waals surface area contributed by atoms with Gasteiger partial charge in [-0.25, -0.2) is 19.7 Å². The van der Waals surface area contributed by atoms with E-state index in [1.165, 1.54) is 12.8 Å². The Hall–Kier alpha value is -3.36. The molecule has 2 aliphatic rings. The van der Waals surface area contributed by atoms with E-state index in [9.17, 15) is 4.79 Å². The second kappa shape index (κ2) is 8.53. The number of hydrogen-bond donors (Lipinski definition) is 1. The maximum Gasteiger partial charge on any atom is 0.410 e. The molecule has 0 radical (unpaired) electrons. The fourth-order valence-corrected chi connectivity index (χ4v) is 4.42. The molecule has 0 aliphatic carbocycles. The van der Waals surface area contributed by atoms with Crippen LogP contribution in [0.1, 0.15) is 40.0 Å². The number of imidazole rings is 1. The molecule has 5 rings (SSSR count). The molecular formula is C24H31N7O2. The van der Waals surface area contributed by atoms with Gasteiger partial charge in [-0.05, 0) is 52.2 Å². The first-order chi connectivity index (χ1) is 15.9. The summed E-state index contributed by atoms with van der Waals surface area (Å²) in [4.78, 5) is 30.4. The number of anilines is 2. The van der Waals surface area contributed by atoms with E-state index >= 15 is 0 Å². The molecule has 2 aliphatic heterocycles. The van der Waals surface area contributed by atoms with E-state index in [0.29, 0.717) is 13.1 Å². The lowest BCUT2D eigenvalue weighted by molar-refractivity contribution is 0.0293. The van der Waals surface area contributed by atoms with Crippen LogP contribution in [0.5, 0.6) is 0 Å². The lowest BCUT2D eigenvalue weighted by Crippen LogP contribution is -2.36. The molecule has 9 heteroatoms. The third kappa shape index (κ3) is 4.72. The summed E-state index contributed by atoms with van der Waals surface area (Å²) < 4.78 is 7.56. The molecule has 2 saturated heterocycles. The minimum absolute atomic E-state index is 0.133. The van der Waals surface area contributed by atoms with Gasteiger partial charge in [-0.3, -0.25) is 4.40 Å². The third-order valence-corrected chi connectivity index (χ3v) is 6.02. The lowest BCUT2D eigenvalue weighted by Gasteiger charge is -2.24. The number of ether oxygens (including phenoxy) is 1. The Labute approximate surface area is 193 Å². The number of nitrogens with one attached hydrogen (secondary N) is 1. The van der Waals surface area contributed by atoms with Gasteiger partial charge in [-0.2, -0.15) is 0 Å². The smallest absolute Gasteiger partial charge is 0.410 e. The standard InChI is InChI=1S/C24H31N7O2/c1-24(2,3)33-23(32)30-12-9-17(15-30)27-20-8-6-7-18(28-20)19-13-25-21-14-26-22(16-31(19)21)29-10-4-5-11-29/h6-8,13-14,16-17H,4-5,9-12,15H2,1-3H3,(H,27,28). The summed E-state index contributed by atoms with van der Waals surface area (Å²) in [5, 5.41) is 3.48. The number of carbonyl (C=O) groups excluding carboxylic acids is 1. The molecule has 0 aromatic carbocycles. The SMILES string of the molecule is CC(C)(C)OC(=O)N1CCC(Nc2cccc(-c3cnc4cnc(N5CCCC5)cn34)n2)C1. The highest BCUT2D eigenvalue weighted by molar-refractivity contribution is 5.69. The van der Waals surface area contributed by atoms with E-state index in [1.807, 2.05) is 51.4 Å². The Morgan fingerprint density at radius 2 is 1.94 bits per heavy atom. The van der Waals surface area contributed by atoms with Crippen molar-refractivity contribution in [2.75, 3.05) is 36.4 Å². The molecule has 3 aromatic rings. The number of pyridine rings is 1. The second-order valence-electron chi connectivity index (χ2n) is 9.78. The fourth-order valence-electron chi connectivity index (χ4n) is 4.42. The van der Waals surface area contributed by atoms with Crippen molar-refractivity contribution in [1.82, 2.24) is 24.3 Å². The van der Waals surface area contributed by atoms with Gasteiger partial charge < -0.3 is 19.9 Å². The molecule has 1 unspecified atom stereocenters. The Bertz CT molecular complexity index is 1150. The van der Waals surface area contributed by atoms with Gasteiger partial charge in [-0.1, -0.05) is 6.07 Å². The maximum absolute atomic E-state index is 12.4. The van der Waals surface area contributed by atoms with E-state index in [0.717, 1.165) is 48.2 Å². The summed E-state index contributed by atoms with van der Waals surface area (Å²) in [5.41, 5.74) is 2.08. The highest BCUT2D eigenvalue weighted by atomic mass is 16.6. The van der Waals surface area contributed by atoms with Crippen LogP contribution in [0.2, 0.25) is 0 Å². The molecule has 3 aromatic heterocycles. The van der Waals surface area contributed by atoms with Crippen LogP contribution in [0.3, 0.4) is 0 Å². The Morgan fingerprint density at radius 3 is 2.73 bits per heavy atom. The predicted molar refractivity (Wildman–Crippen MR) is 127 cm³/mol. The van der Waals surface area contributed by atoms with Crippen molar-refractivity contribution in [3.8, 4) is 11.4 Å². The molecule has 9 nitrogen and oxygen atoms in total. The van der Waals surface area contributed by atoms with Crippen molar-refractivity contribution in [1.29, 1.82) is 0 Å². The van der Waals surface area contributed by atoms with Gasteiger partial charge in [-0.15, -0.1) is 0 Å². The average molecular weight is 450 g/mol. The van der Waals surface area contributed by atoms with E-state index in [1.54, 1.807) is 4.90 Å². The largest absolute Gasteiger partial charge is 0.444 e. The van der Waals surface area contributed by atoms with Crippen LogP contribution in [0.25, 0.3) is 17.0 Å². The van der Waals surface area contributed by atoms with Crippen molar-refractivity contribution in [2.24, 2.45) is 0 Å². The van der Waals surface area contributed by atoms with Crippen LogP contribution in [0.4, 0.5) is 16.4 Å². The zero-order valence-corrected chi connectivity index (χ0v) is 19.5. The van der Waals surface area contributed by atoms with E-state index in [4.69, 9.17) is 9.72 Å². The quantitative estimate of drug-likeness (QED) is 0.648. The highest BCUT2D eigenvalue weighted by Crippen LogP contribution is 2.25. The van der Waals surface area contributed by atoms with Crippen LogP contribution in [-0.4, -0.2) is 68.2 Å². The molecule has 2 fully saturated rings. The molecule has 0 bridgehead atoms. The van der Waals surface area contributed by atoms with Crippen molar-refractivity contribution in [2.45, 2.75) is 51.7 Å². The monoisotopic (exact) mass is 449 g/mol. The third-order valence-electron chi connectivity index (χ3n) is 6.02. The molecule has 0 spiro atoms. The number of amides is 1. The molecule has 1 N–H and O–H groups in total. The predicted octanol–water partition coefficient (Wildman–Crippen LogP) is 3.81. The number of fused-ring (bicyclic) bond motifs is 1. The first-order valence-corrected chi connectivity index (χ1v) is 11.7.